The van der Waals surface area contributed by atoms with Crippen LogP contribution in [-0.2, 0) is 20.0 Å². The fraction of sp³-hybridized carbons (Fsp3) is 0.588. The van der Waals surface area contributed by atoms with Crippen LogP contribution in [0.2, 0.25) is 0 Å². The Morgan fingerprint density at radius 1 is 1.21 bits per heavy atom. The van der Waals surface area contributed by atoms with Gasteiger partial charge in [-0.15, -0.1) is 0 Å². The zero-order valence-corrected chi connectivity index (χ0v) is 14.2. The van der Waals surface area contributed by atoms with E-state index in [1.54, 1.807) is 0 Å². The third kappa shape index (κ3) is 3.31. The van der Waals surface area contributed by atoms with Gasteiger partial charge in [0.1, 0.15) is 11.6 Å². The molecule has 24 heavy (non-hydrogen) atoms. The standard InChI is InChI=1S/C17H21F2NO3S/c18-13-4-3-5-14(19)15(13)17(7-1-2-8-17)11-20-16(21)12-6-9-24(22,23)10-12/h3-5,12H,1-2,6-11H2,(H,20,21)/t12-/m0/s1. The number of hydrogen-bond acceptors (Lipinski definition) is 3. The van der Waals surface area contributed by atoms with E-state index in [0.717, 1.165) is 12.8 Å². The van der Waals surface area contributed by atoms with Crippen molar-refractivity contribution in [3.05, 3.63) is 35.4 Å². The summed E-state index contributed by atoms with van der Waals surface area (Å²) in [7, 11) is -3.14. The predicted octanol–water partition coefficient (Wildman–Crippen LogP) is 2.33. The molecule has 3 rings (SSSR count). The van der Waals surface area contributed by atoms with Crippen molar-refractivity contribution < 1.29 is 22.0 Å². The van der Waals surface area contributed by atoms with Gasteiger partial charge in [0.25, 0.3) is 0 Å². The third-order valence-electron chi connectivity index (χ3n) is 5.26. The monoisotopic (exact) mass is 357 g/mol. The van der Waals surface area contributed by atoms with Gasteiger partial charge in [-0.2, -0.15) is 0 Å². The van der Waals surface area contributed by atoms with Crippen LogP contribution in [0, 0.1) is 17.6 Å². The molecule has 7 heteroatoms. The Hall–Kier alpha value is -1.50. The Morgan fingerprint density at radius 3 is 2.38 bits per heavy atom. The minimum absolute atomic E-state index is 0.0260. The van der Waals surface area contributed by atoms with Gasteiger partial charge in [0, 0.05) is 17.5 Å². The van der Waals surface area contributed by atoms with Crippen LogP contribution < -0.4 is 5.32 Å². The maximum Gasteiger partial charge on any atom is 0.224 e. The van der Waals surface area contributed by atoms with Gasteiger partial charge < -0.3 is 5.32 Å². The molecular weight excluding hydrogens is 336 g/mol. The van der Waals surface area contributed by atoms with E-state index in [4.69, 9.17) is 0 Å². The zero-order valence-electron chi connectivity index (χ0n) is 13.4. The zero-order chi connectivity index (χ0) is 17.4. The maximum atomic E-state index is 14.2. The SMILES string of the molecule is O=C(NCC1(c2c(F)cccc2F)CCCC1)[C@H]1CCS(=O)(=O)C1. The molecule has 0 spiro atoms. The van der Waals surface area contributed by atoms with Crippen LogP contribution in [0.4, 0.5) is 8.78 Å². The molecule has 1 aromatic carbocycles. The Bertz CT molecular complexity index is 722. The predicted molar refractivity (Wildman–Crippen MR) is 86.3 cm³/mol. The van der Waals surface area contributed by atoms with Crippen molar-refractivity contribution in [1.82, 2.24) is 5.32 Å². The highest BCUT2D eigenvalue weighted by atomic mass is 32.2. The number of amides is 1. The molecule has 4 nitrogen and oxygen atoms in total. The number of nitrogens with one attached hydrogen (secondary N) is 1. The van der Waals surface area contributed by atoms with Gasteiger partial charge in [-0.1, -0.05) is 18.9 Å². The van der Waals surface area contributed by atoms with Gasteiger partial charge in [-0.05, 0) is 31.4 Å². The maximum absolute atomic E-state index is 14.2. The van der Waals surface area contributed by atoms with Gasteiger partial charge in [-0.3, -0.25) is 4.79 Å². The molecule has 1 N–H and O–H groups in total. The fourth-order valence-electron chi connectivity index (χ4n) is 3.97. The van der Waals surface area contributed by atoms with Crippen LogP contribution in [-0.4, -0.2) is 32.4 Å². The van der Waals surface area contributed by atoms with E-state index >= 15 is 0 Å². The van der Waals surface area contributed by atoms with E-state index in [9.17, 15) is 22.0 Å². The lowest BCUT2D eigenvalue weighted by Gasteiger charge is -2.31. The summed E-state index contributed by atoms with van der Waals surface area (Å²) in [6.07, 6.45) is 3.22. The van der Waals surface area contributed by atoms with Crippen LogP contribution in [0.5, 0.6) is 0 Å². The topological polar surface area (TPSA) is 63.2 Å². The molecule has 1 aromatic rings. The van der Waals surface area contributed by atoms with E-state index in [-0.39, 0.29) is 29.5 Å². The first kappa shape index (κ1) is 17.3. The normalized spacial score (nSPS) is 24.8. The molecule has 1 saturated heterocycles. The third-order valence-corrected chi connectivity index (χ3v) is 7.03. The second kappa shape index (κ2) is 6.43. The quantitative estimate of drug-likeness (QED) is 0.900. The van der Waals surface area contributed by atoms with Crippen molar-refractivity contribution in [3.8, 4) is 0 Å². The van der Waals surface area contributed by atoms with Crippen LogP contribution in [0.3, 0.4) is 0 Å². The van der Waals surface area contributed by atoms with E-state index in [1.165, 1.54) is 18.2 Å². The minimum atomic E-state index is -3.14. The first-order chi connectivity index (χ1) is 11.3. The molecular formula is C17H21F2NO3S. The Morgan fingerprint density at radius 2 is 1.83 bits per heavy atom. The van der Waals surface area contributed by atoms with Gasteiger partial charge in [0.05, 0.1) is 17.4 Å². The van der Waals surface area contributed by atoms with Crippen LogP contribution in [0.1, 0.15) is 37.7 Å². The molecule has 1 aliphatic heterocycles. The molecule has 0 bridgehead atoms. The second-order valence-electron chi connectivity index (χ2n) is 6.90. The van der Waals surface area contributed by atoms with Gasteiger partial charge in [0.2, 0.25) is 5.91 Å². The van der Waals surface area contributed by atoms with E-state index in [1.807, 2.05) is 0 Å². The lowest BCUT2D eigenvalue weighted by Crippen LogP contribution is -2.42. The molecule has 0 radical (unpaired) electrons. The average molecular weight is 357 g/mol. The summed E-state index contributed by atoms with van der Waals surface area (Å²) in [5.41, 5.74) is -0.704. The molecule has 0 aromatic heterocycles. The van der Waals surface area contributed by atoms with Gasteiger partial charge in [-0.25, -0.2) is 17.2 Å². The molecule has 1 saturated carbocycles. The fourth-order valence-corrected chi connectivity index (χ4v) is 5.72. The van der Waals surface area contributed by atoms with Crippen molar-refractivity contribution >= 4 is 15.7 Å². The first-order valence-electron chi connectivity index (χ1n) is 8.26. The van der Waals surface area contributed by atoms with Crippen molar-refractivity contribution in [2.75, 3.05) is 18.1 Å². The van der Waals surface area contributed by atoms with Crippen molar-refractivity contribution in [2.24, 2.45) is 5.92 Å². The highest BCUT2D eigenvalue weighted by Gasteiger charge is 2.41. The number of carbonyl (C=O) groups is 1. The Balaban J connectivity index is 1.77. The number of hydrogen-bond donors (Lipinski definition) is 1. The molecule has 1 aliphatic carbocycles. The Labute approximate surface area is 140 Å². The molecule has 132 valence electrons. The lowest BCUT2D eigenvalue weighted by atomic mass is 9.78. The highest BCUT2D eigenvalue weighted by molar-refractivity contribution is 7.91. The summed E-state index contributed by atoms with van der Waals surface area (Å²) >= 11 is 0. The largest absolute Gasteiger partial charge is 0.355 e. The summed E-state index contributed by atoms with van der Waals surface area (Å²) in [5, 5.41) is 2.76. The summed E-state index contributed by atoms with van der Waals surface area (Å²) in [6.45, 7) is 0.139. The van der Waals surface area contributed by atoms with Gasteiger partial charge >= 0.3 is 0 Å². The number of carbonyl (C=O) groups excluding carboxylic acids is 1. The first-order valence-corrected chi connectivity index (χ1v) is 10.1. The van der Waals surface area contributed by atoms with E-state index in [2.05, 4.69) is 5.32 Å². The molecule has 2 aliphatic rings. The lowest BCUT2D eigenvalue weighted by molar-refractivity contribution is -0.124. The molecule has 2 fully saturated rings. The average Bonchev–Trinajstić information content (AvgIpc) is 3.12. The number of rotatable bonds is 4. The summed E-state index contributed by atoms with van der Waals surface area (Å²) in [4.78, 5) is 12.3. The van der Waals surface area contributed by atoms with Crippen LogP contribution >= 0.6 is 0 Å². The molecule has 0 unspecified atom stereocenters. The Kier molecular flexibility index (Phi) is 4.64. The molecule has 1 atom stereocenters. The minimum Gasteiger partial charge on any atom is -0.355 e. The molecule has 1 amide bonds. The van der Waals surface area contributed by atoms with Crippen LogP contribution in [0.25, 0.3) is 0 Å². The van der Waals surface area contributed by atoms with Crippen molar-refractivity contribution in [3.63, 3.8) is 0 Å². The van der Waals surface area contributed by atoms with Crippen molar-refractivity contribution in [2.45, 2.75) is 37.5 Å². The van der Waals surface area contributed by atoms with Gasteiger partial charge in [0.15, 0.2) is 9.84 Å². The van der Waals surface area contributed by atoms with Crippen molar-refractivity contribution in [1.29, 1.82) is 0 Å². The van der Waals surface area contributed by atoms with E-state index in [0.29, 0.717) is 19.3 Å². The van der Waals surface area contributed by atoms with E-state index < -0.39 is 32.8 Å². The van der Waals surface area contributed by atoms with Crippen LogP contribution in [0.15, 0.2) is 18.2 Å². The number of sulfone groups is 1. The summed E-state index contributed by atoms with van der Waals surface area (Å²) in [6, 6.07) is 3.81. The summed E-state index contributed by atoms with van der Waals surface area (Å²) in [5.74, 6) is -2.18. The summed E-state index contributed by atoms with van der Waals surface area (Å²) < 4.78 is 51.5. The molecule has 1 heterocycles. The second-order valence-corrected chi connectivity index (χ2v) is 9.13. The smallest absolute Gasteiger partial charge is 0.224 e. The number of benzene rings is 1. The number of halogens is 2. The highest BCUT2D eigenvalue weighted by Crippen LogP contribution is 2.42.